The largest absolute Gasteiger partial charge is 0.346 e. The van der Waals surface area contributed by atoms with Gasteiger partial charge in [-0.1, -0.05) is 23.4 Å². The van der Waals surface area contributed by atoms with Crippen LogP contribution < -0.4 is 10.6 Å². The summed E-state index contributed by atoms with van der Waals surface area (Å²) in [7, 11) is 0. The predicted octanol–water partition coefficient (Wildman–Crippen LogP) is 1.58. The van der Waals surface area contributed by atoms with E-state index in [0.29, 0.717) is 11.3 Å². The third-order valence-electron chi connectivity index (χ3n) is 4.19. The van der Waals surface area contributed by atoms with Crippen LogP contribution in [0.2, 0.25) is 0 Å². The van der Waals surface area contributed by atoms with E-state index in [1.54, 1.807) is 18.2 Å². The number of carbonyl (C=O) groups is 1. The Morgan fingerprint density at radius 3 is 2.87 bits per heavy atom. The van der Waals surface area contributed by atoms with Crippen LogP contribution in [-0.4, -0.2) is 34.0 Å². The Morgan fingerprint density at radius 2 is 2.13 bits per heavy atom. The molecule has 2 N–H and O–H groups in total. The molecule has 1 aliphatic rings. The van der Waals surface area contributed by atoms with Crippen molar-refractivity contribution in [2.45, 2.75) is 32.4 Å². The molecule has 1 aromatic carbocycles. The Morgan fingerprint density at radius 1 is 1.39 bits per heavy atom. The van der Waals surface area contributed by atoms with Gasteiger partial charge in [-0.15, -0.1) is 5.10 Å². The molecule has 0 atom stereocenters. The lowest BCUT2D eigenvalue weighted by Gasteiger charge is -2.23. The number of benzene rings is 1. The van der Waals surface area contributed by atoms with Gasteiger partial charge in [-0.05, 0) is 38.9 Å². The molecule has 0 aliphatic carbocycles. The molecular formula is C16H20FN5O. The number of carbonyl (C=O) groups excluding carboxylic acids is 1. The number of aromatic nitrogens is 3. The number of hydrogen-bond donors (Lipinski definition) is 2. The zero-order valence-electron chi connectivity index (χ0n) is 13.1. The lowest BCUT2D eigenvalue weighted by Crippen LogP contribution is -2.30. The van der Waals surface area contributed by atoms with Crippen molar-refractivity contribution in [3.63, 3.8) is 0 Å². The molecular weight excluding hydrogens is 297 g/mol. The van der Waals surface area contributed by atoms with Crippen molar-refractivity contribution in [1.82, 2.24) is 25.6 Å². The van der Waals surface area contributed by atoms with E-state index in [9.17, 15) is 9.18 Å². The zero-order valence-corrected chi connectivity index (χ0v) is 13.1. The SMILES string of the molecule is Cc1c(C(=O)NCc2ccccc2F)nnn1C1CCNCC1. The molecule has 7 heteroatoms. The van der Waals surface area contributed by atoms with Crippen molar-refractivity contribution in [3.05, 3.63) is 47.0 Å². The highest BCUT2D eigenvalue weighted by Gasteiger charge is 2.22. The van der Waals surface area contributed by atoms with Crippen LogP contribution in [-0.2, 0) is 6.54 Å². The summed E-state index contributed by atoms with van der Waals surface area (Å²) in [6, 6.07) is 6.66. The van der Waals surface area contributed by atoms with Crippen molar-refractivity contribution in [3.8, 4) is 0 Å². The van der Waals surface area contributed by atoms with Gasteiger partial charge in [0.2, 0.25) is 0 Å². The minimum absolute atomic E-state index is 0.130. The topological polar surface area (TPSA) is 71.8 Å². The molecule has 0 saturated carbocycles. The molecule has 0 bridgehead atoms. The van der Waals surface area contributed by atoms with Gasteiger partial charge in [-0.2, -0.15) is 0 Å². The van der Waals surface area contributed by atoms with E-state index < -0.39 is 0 Å². The Balaban J connectivity index is 1.68. The Labute approximate surface area is 134 Å². The number of nitrogens with one attached hydrogen (secondary N) is 2. The van der Waals surface area contributed by atoms with Crippen LogP contribution >= 0.6 is 0 Å². The standard InChI is InChI=1S/C16H20FN5O/c1-11-15(20-21-22(11)13-6-8-18-9-7-13)16(23)19-10-12-4-2-3-5-14(12)17/h2-5,13,18H,6-10H2,1H3,(H,19,23). The molecule has 1 aliphatic heterocycles. The fraction of sp³-hybridized carbons (Fsp3) is 0.438. The van der Waals surface area contributed by atoms with Crippen LogP contribution in [0, 0.1) is 12.7 Å². The van der Waals surface area contributed by atoms with Crippen LogP contribution in [0.5, 0.6) is 0 Å². The number of piperidine rings is 1. The maximum absolute atomic E-state index is 13.6. The molecule has 1 saturated heterocycles. The highest BCUT2D eigenvalue weighted by atomic mass is 19.1. The van der Waals surface area contributed by atoms with E-state index >= 15 is 0 Å². The van der Waals surface area contributed by atoms with Crippen LogP contribution in [0.15, 0.2) is 24.3 Å². The molecule has 2 aromatic rings. The molecule has 0 unspecified atom stereocenters. The molecule has 122 valence electrons. The smallest absolute Gasteiger partial charge is 0.274 e. The summed E-state index contributed by atoms with van der Waals surface area (Å²) in [5.41, 5.74) is 1.51. The molecule has 2 heterocycles. The highest BCUT2D eigenvalue weighted by Crippen LogP contribution is 2.20. The van der Waals surface area contributed by atoms with Crippen molar-refractivity contribution in [1.29, 1.82) is 0 Å². The Hall–Kier alpha value is -2.28. The number of rotatable bonds is 4. The average molecular weight is 317 g/mol. The summed E-state index contributed by atoms with van der Waals surface area (Å²) in [5.74, 6) is -0.659. The summed E-state index contributed by atoms with van der Waals surface area (Å²) in [5, 5.41) is 14.2. The molecule has 1 aromatic heterocycles. The zero-order chi connectivity index (χ0) is 16.2. The van der Waals surface area contributed by atoms with Gasteiger partial charge in [-0.3, -0.25) is 4.79 Å². The molecule has 1 fully saturated rings. The number of nitrogens with zero attached hydrogens (tertiary/aromatic N) is 3. The van der Waals surface area contributed by atoms with Gasteiger partial charge in [0, 0.05) is 12.1 Å². The third-order valence-corrected chi connectivity index (χ3v) is 4.19. The minimum atomic E-state index is -0.331. The summed E-state index contributed by atoms with van der Waals surface area (Å²) in [6.45, 7) is 3.86. The Kier molecular flexibility index (Phi) is 4.66. The number of halogens is 1. The van der Waals surface area contributed by atoms with Crippen LogP contribution in [0.4, 0.5) is 4.39 Å². The molecule has 0 spiro atoms. The van der Waals surface area contributed by atoms with Crippen molar-refractivity contribution >= 4 is 5.91 Å². The highest BCUT2D eigenvalue weighted by molar-refractivity contribution is 5.93. The van der Waals surface area contributed by atoms with Crippen LogP contribution in [0.1, 0.15) is 40.6 Å². The number of hydrogen-bond acceptors (Lipinski definition) is 4. The molecule has 3 rings (SSSR count). The first-order chi connectivity index (χ1) is 11.2. The molecule has 23 heavy (non-hydrogen) atoms. The van der Waals surface area contributed by atoms with E-state index in [1.807, 2.05) is 11.6 Å². The van der Waals surface area contributed by atoms with E-state index in [2.05, 4.69) is 20.9 Å². The van der Waals surface area contributed by atoms with E-state index in [-0.39, 0.29) is 24.3 Å². The first-order valence-electron chi connectivity index (χ1n) is 7.81. The van der Waals surface area contributed by atoms with E-state index in [1.165, 1.54) is 6.07 Å². The van der Waals surface area contributed by atoms with Gasteiger partial charge in [0.05, 0.1) is 11.7 Å². The Bertz CT molecular complexity index is 694. The molecule has 6 nitrogen and oxygen atoms in total. The first-order valence-corrected chi connectivity index (χ1v) is 7.81. The van der Waals surface area contributed by atoms with Gasteiger partial charge in [0.15, 0.2) is 5.69 Å². The second-order valence-corrected chi connectivity index (χ2v) is 5.72. The lowest BCUT2D eigenvalue weighted by atomic mass is 10.1. The molecule has 0 radical (unpaired) electrons. The quantitative estimate of drug-likeness (QED) is 0.898. The van der Waals surface area contributed by atoms with Gasteiger partial charge in [0.1, 0.15) is 5.82 Å². The summed E-state index contributed by atoms with van der Waals surface area (Å²) in [6.07, 6.45) is 1.95. The first kappa shape index (κ1) is 15.6. The van der Waals surface area contributed by atoms with E-state index in [0.717, 1.165) is 31.6 Å². The second-order valence-electron chi connectivity index (χ2n) is 5.72. The van der Waals surface area contributed by atoms with Crippen molar-refractivity contribution in [2.24, 2.45) is 0 Å². The van der Waals surface area contributed by atoms with Gasteiger partial charge < -0.3 is 10.6 Å². The summed E-state index contributed by atoms with van der Waals surface area (Å²) < 4.78 is 15.4. The summed E-state index contributed by atoms with van der Waals surface area (Å²) >= 11 is 0. The van der Waals surface area contributed by atoms with Gasteiger partial charge in [0.25, 0.3) is 5.91 Å². The summed E-state index contributed by atoms with van der Waals surface area (Å²) in [4.78, 5) is 12.3. The fourth-order valence-electron chi connectivity index (χ4n) is 2.85. The second kappa shape index (κ2) is 6.87. The van der Waals surface area contributed by atoms with Crippen molar-refractivity contribution < 1.29 is 9.18 Å². The number of amides is 1. The average Bonchev–Trinajstić information content (AvgIpc) is 2.96. The van der Waals surface area contributed by atoms with Crippen LogP contribution in [0.25, 0.3) is 0 Å². The van der Waals surface area contributed by atoms with E-state index in [4.69, 9.17) is 0 Å². The minimum Gasteiger partial charge on any atom is -0.346 e. The maximum Gasteiger partial charge on any atom is 0.274 e. The fourth-order valence-corrected chi connectivity index (χ4v) is 2.85. The van der Waals surface area contributed by atoms with Crippen LogP contribution in [0.3, 0.4) is 0 Å². The van der Waals surface area contributed by atoms with Gasteiger partial charge in [-0.25, -0.2) is 9.07 Å². The predicted molar refractivity (Wildman–Crippen MR) is 83.5 cm³/mol. The third kappa shape index (κ3) is 3.39. The monoisotopic (exact) mass is 317 g/mol. The van der Waals surface area contributed by atoms with Gasteiger partial charge >= 0.3 is 0 Å². The normalized spacial score (nSPS) is 15.6. The van der Waals surface area contributed by atoms with Crippen molar-refractivity contribution in [2.75, 3.05) is 13.1 Å². The maximum atomic E-state index is 13.6. The molecule has 1 amide bonds. The lowest BCUT2D eigenvalue weighted by molar-refractivity contribution is 0.0945.